The largest absolute Gasteiger partial charge is 0.508 e. The number of benzene rings is 1. The Kier molecular flexibility index (Phi) is 1.88. The molecule has 4 heteroatoms. The number of hydrogen-bond donors (Lipinski definition) is 3. The third-order valence-electron chi connectivity index (χ3n) is 1.63. The van der Waals surface area contributed by atoms with Crippen LogP contribution in [0.4, 0.5) is 11.6 Å². The molecule has 0 bridgehead atoms. The van der Waals surface area contributed by atoms with E-state index in [0.29, 0.717) is 5.95 Å². The molecule has 0 atom stereocenters. The molecule has 4 nitrogen and oxygen atoms in total. The van der Waals surface area contributed by atoms with Gasteiger partial charge in [-0.1, -0.05) is 0 Å². The maximum Gasteiger partial charge on any atom is 0.204 e. The summed E-state index contributed by atoms with van der Waals surface area (Å²) in [6, 6.07) is 6.78. The first-order valence-corrected chi connectivity index (χ1v) is 3.90. The molecule has 1 heterocycles. The van der Waals surface area contributed by atoms with Crippen molar-refractivity contribution in [2.24, 2.45) is 0 Å². The van der Waals surface area contributed by atoms with Gasteiger partial charge in [0.05, 0.1) is 0 Å². The van der Waals surface area contributed by atoms with E-state index in [1.807, 2.05) is 0 Å². The van der Waals surface area contributed by atoms with Crippen molar-refractivity contribution in [3.63, 3.8) is 0 Å². The minimum atomic E-state index is 0.255. The van der Waals surface area contributed by atoms with E-state index >= 15 is 0 Å². The monoisotopic (exact) mass is 175 g/mol. The standard InChI is InChI=1S/C9H9N3O/c13-8-3-1-7(2-4-8)12-9-10-5-6-11-9/h1-6,13H,(H2,10,11,12). The number of anilines is 2. The predicted molar refractivity (Wildman–Crippen MR) is 50.0 cm³/mol. The molecule has 2 aromatic rings. The number of nitrogens with zero attached hydrogens (tertiary/aromatic N) is 1. The lowest BCUT2D eigenvalue weighted by molar-refractivity contribution is 0.475. The molecule has 0 amide bonds. The normalized spacial score (nSPS) is 9.85. The summed E-state index contributed by atoms with van der Waals surface area (Å²) in [5.41, 5.74) is 0.882. The number of aromatic hydroxyl groups is 1. The van der Waals surface area contributed by atoms with Crippen LogP contribution in [0.3, 0.4) is 0 Å². The summed E-state index contributed by atoms with van der Waals surface area (Å²) in [5, 5.41) is 12.1. The number of phenols is 1. The number of imidazole rings is 1. The molecule has 0 radical (unpaired) electrons. The van der Waals surface area contributed by atoms with Gasteiger partial charge in [-0.05, 0) is 24.3 Å². The van der Waals surface area contributed by atoms with Crippen molar-refractivity contribution >= 4 is 11.6 Å². The Hall–Kier alpha value is -1.97. The number of H-pyrrole nitrogens is 1. The van der Waals surface area contributed by atoms with Gasteiger partial charge in [0.2, 0.25) is 5.95 Å². The molecule has 2 rings (SSSR count). The highest BCUT2D eigenvalue weighted by molar-refractivity contribution is 5.54. The third-order valence-corrected chi connectivity index (χ3v) is 1.63. The topological polar surface area (TPSA) is 60.9 Å². The molecule has 0 aliphatic carbocycles. The minimum Gasteiger partial charge on any atom is -0.508 e. The van der Waals surface area contributed by atoms with Crippen LogP contribution < -0.4 is 5.32 Å². The van der Waals surface area contributed by atoms with Crippen molar-refractivity contribution in [3.8, 4) is 5.75 Å². The van der Waals surface area contributed by atoms with Crippen molar-refractivity contribution in [2.45, 2.75) is 0 Å². The summed E-state index contributed by atoms with van der Waals surface area (Å²) in [4.78, 5) is 6.92. The number of aromatic amines is 1. The van der Waals surface area contributed by atoms with Gasteiger partial charge in [0.15, 0.2) is 0 Å². The fourth-order valence-corrected chi connectivity index (χ4v) is 1.02. The molecule has 66 valence electrons. The Balaban J connectivity index is 2.15. The Morgan fingerprint density at radius 2 is 2.00 bits per heavy atom. The molecule has 1 aromatic heterocycles. The van der Waals surface area contributed by atoms with Crippen molar-refractivity contribution in [2.75, 3.05) is 5.32 Å². The van der Waals surface area contributed by atoms with Gasteiger partial charge in [-0.3, -0.25) is 0 Å². The summed E-state index contributed by atoms with van der Waals surface area (Å²) in [7, 11) is 0. The van der Waals surface area contributed by atoms with Crippen molar-refractivity contribution in [1.82, 2.24) is 9.97 Å². The third kappa shape index (κ3) is 1.79. The van der Waals surface area contributed by atoms with Gasteiger partial charge in [0, 0.05) is 18.1 Å². The van der Waals surface area contributed by atoms with Gasteiger partial charge in [-0.25, -0.2) is 4.98 Å². The van der Waals surface area contributed by atoms with Crippen LogP contribution in [0, 0.1) is 0 Å². The fourth-order valence-electron chi connectivity index (χ4n) is 1.02. The number of hydrogen-bond acceptors (Lipinski definition) is 3. The number of phenolic OH excluding ortho intramolecular Hbond substituents is 1. The second kappa shape index (κ2) is 3.18. The second-order valence-corrected chi connectivity index (χ2v) is 2.61. The van der Waals surface area contributed by atoms with Crippen LogP contribution in [0.5, 0.6) is 5.75 Å². The van der Waals surface area contributed by atoms with Gasteiger partial charge in [0.1, 0.15) is 5.75 Å². The summed E-state index contributed by atoms with van der Waals surface area (Å²) in [6.07, 6.45) is 3.41. The zero-order valence-electron chi connectivity index (χ0n) is 6.86. The Morgan fingerprint density at radius 3 is 2.62 bits per heavy atom. The zero-order chi connectivity index (χ0) is 9.10. The maximum absolute atomic E-state index is 9.03. The quantitative estimate of drug-likeness (QED) is 0.610. The predicted octanol–water partition coefficient (Wildman–Crippen LogP) is 1.86. The maximum atomic E-state index is 9.03. The van der Waals surface area contributed by atoms with E-state index in [1.54, 1.807) is 36.7 Å². The van der Waals surface area contributed by atoms with E-state index in [2.05, 4.69) is 15.3 Å². The molecular weight excluding hydrogens is 166 g/mol. The second-order valence-electron chi connectivity index (χ2n) is 2.61. The van der Waals surface area contributed by atoms with E-state index in [4.69, 9.17) is 5.11 Å². The van der Waals surface area contributed by atoms with E-state index in [0.717, 1.165) is 5.69 Å². The van der Waals surface area contributed by atoms with Crippen molar-refractivity contribution in [1.29, 1.82) is 0 Å². The highest BCUT2D eigenvalue weighted by atomic mass is 16.3. The Morgan fingerprint density at radius 1 is 1.23 bits per heavy atom. The zero-order valence-corrected chi connectivity index (χ0v) is 6.86. The first-order chi connectivity index (χ1) is 6.34. The number of aromatic nitrogens is 2. The summed E-state index contributed by atoms with van der Waals surface area (Å²) >= 11 is 0. The van der Waals surface area contributed by atoms with Gasteiger partial charge in [-0.2, -0.15) is 0 Å². The van der Waals surface area contributed by atoms with Crippen LogP contribution in [-0.4, -0.2) is 15.1 Å². The van der Waals surface area contributed by atoms with Crippen LogP contribution in [0.25, 0.3) is 0 Å². The van der Waals surface area contributed by atoms with Crippen LogP contribution in [0.2, 0.25) is 0 Å². The average molecular weight is 175 g/mol. The van der Waals surface area contributed by atoms with Crippen LogP contribution in [0.1, 0.15) is 0 Å². The molecule has 13 heavy (non-hydrogen) atoms. The number of nitrogens with one attached hydrogen (secondary N) is 2. The molecule has 0 saturated heterocycles. The van der Waals surface area contributed by atoms with Gasteiger partial charge in [-0.15, -0.1) is 0 Å². The van der Waals surface area contributed by atoms with Gasteiger partial charge < -0.3 is 15.4 Å². The molecule has 0 aliphatic heterocycles. The molecule has 0 fully saturated rings. The molecule has 0 unspecified atom stereocenters. The van der Waals surface area contributed by atoms with Crippen LogP contribution >= 0.6 is 0 Å². The Labute approximate surface area is 75.3 Å². The van der Waals surface area contributed by atoms with E-state index in [9.17, 15) is 0 Å². The van der Waals surface area contributed by atoms with Crippen molar-refractivity contribution in [3.05, 3.63) is 36.7 Å². The van der Waals surface area contributed by atoms with Crippen LogP contribution in [-0.2, 0) is 0 Å². The molecule has 1 aromatic carbocycles. The average Bonchev–Trinajstić information content (AvgIpc) is 2.62. The summed E-state index contributed by atoms with van der Waals surface area (Å²) < 4.78 is 0. The lowest BCUT2D eigenvalue weighted by Crippen LogP contribution is -1.90. The number of rotatable bonds is 2. The van der Waals surface area contributed by atoms with E-state index in [1.165, 1.54) is 0 Å². The summed E-state index contributed by atoms with van der Waals surface area (Å²) in [5.74, 6) is 0.940. The highest BCUT2D eigenvalue weighted by Gasteiger charge is 1.94. The molecule has 0 saturated carbocycles. The first-order valence-electron chi connectivity index (χ1n) is 3.90. The minimum absolute atomic E-state index is 0.255. The lowest BCUT2D eigenvalue weighted by Gasteiger charge is -2.01. The molecule has 0 aliphatic rings. The van der Waals surface area contributed by atoms with E-state index < -0.39 is 0 Å². The molecule has 0 spiro atoms. The molecule has 3 N–H and O–H groups in total. The Bertz CT molecular complexity index is 366. The van der Waals surface area contributed by atoms with Crippen LogP contribution in [0.15, 0.2) is 36.7 Å². The molecular formula is C9H9N3O. The first kappa shape index (κ1) is 7.67. The SMILES string of the molecule is Oc1ccc(Nc2ncc[nH]2)cc1. The van der Waals surface area contributed by atoms with Gasteiger partial charge in [0.25, 0.3) is 0 Å². The summed E-state index contributed by atoms with van der Waals surface area (Å²) in [6.45, 7) is 0. The van der Waals surface area contributed by atoms with Gasteiger partial charge >= 0.3 is 0 Å². The van der Waals surface area contributed by atoms with Crippen molar-refractivity contribution < 1.29 is 5.11 Å². The highest BCUT2D eigenvalue weighted by Crippen LogP contribution is 2.16. The lowest BCUT2D eigenvalue weighted by atomic mass is 10.3. The van der Waals surface area contributed by atoms with E-state index in [-0.39, 0.29) is 5.75 Å². The smallest absolute Gasteiger partial charge is 0.204 e. The fraction of sp³-hybridized carbons (Fsp3) is 0.